The number of amides is 1. The van der Waals surface area contributed by atoms with Gasteiger partial charge in [0.2, 0.25) is 0 Å². The lowest BCUT2D eigenvalue weighted by Crippen LogP contribution is -2.38. The van der Waals surface area contributed by atoms with E-state index in [1.807, 2.05) is 20.8 Å². The van der Waals surface area contributed by atoms with E-state index in [4.69, 9.17) is 11.6 Å². The van der Waals surface area contributed by atoms with Crippen LogP contribution in [0, 0.1) is 0 Å². The number of hydrogen-bond acceptors (Lipinski definition) is 3. The van der Waals surface area contributed by atoms with Gasteiger partial charge in [-0.2, -0.15) is 0 Å². The summed E-state index contributed by atoms with van der Waals surface area (Å²) in [5.41, 5.74) is 0.311. The molecule has 0 saturated carbocycles. The molecule has 0 aliphatic heterocycles. The van der Waals surface area contributed by atoms with Crippen molar-refractivity contribution >= 4 is 23.3 Å². The molecule has 0 unspecified atom stereocenters. The van der Waals surface area contributed by atoms with Crippen molar-refractivity contribution in [3.05, 3.63) is 22.8 Å². The van der Waals surface area contributed by atoms with Crippen LogP contribution in [0.2, 0.25) is 5.02 Å². The molecule has 5 heteroatoms. The SMILES string of the molecule is CCCN(C(=O)c1nc(NC)ccc1Cl)C(C)C. The van der Waals surface area contributed by atoms with Gasteiger partial charge in [0.25, 0.3) is 5.91 Å². The van der Waals surface area contributed by atoms with Gasteiger partial charge in [0, 0.05) is 19.6 Å². The number of carbonyl (C=O) groups excluding carboxylic acids is 1. The highest BCUT2D eigenvalue weighted by Crippen LogP contribution is 2.19. The topological polar surface area (TPSA) is 45.2 Å². The zero-order valence-corrected chi connectivity index (χ0v) is 12.1. The molecule has 0 atom stereocenters. The standard InChI is InChI=1S/C13H20ClN3O/c1-5-8-17(9(2)3)13(18)12-10(14)6-7-11(15-4)16-12/h6-7,9H,5,8H2,1-4H3,(H,15,16). The number of carbonyl (C=O) groups is 1. The maximum atomic E-state index is 12.4. The number of rotatable bonds is 5. The van der Waals surface area contributed by atoms with Crippen molar-refractivity contribution in [2.75, 3.05) is 18.9 Å². The van der Waals surface area contributed by atoms with Crippen molar-refractivity contribution in [1.29, 1.82) is 0 Å². The summed E-state index contributed by atoms with van der Waals surface area (Å²) in [6.07, 6.45) is 0.910. The first-order chi connectivity index (χ1) is 8.51. The van der Waals surface area contributed by atoms with E-state index in [1.54, 1.807) is 24.1 Å². The molecule has 1 aromatic rings. The van der Waals surface area contributed by atoms with E-state index < -0.39 is 0 Å². The van der Waals surface area contributed by atoms with E-state index in [-0.39, 0.29) is 11.9 Å². The fourth-order valence-corrected chi connectivity index (χ4v) is 1.89. The Labute approximate surface area is 113 Å². The fraction of sp³-hybridized carbons (Fsp3) is 0.538. The lowest BCUT2D eigenvalue weighted by Gasteiger charge is -2.26. The molecule has 4 nitrogen and oxygen atoms in total. The molecule has 1 rings (SSSR count). The number of hydrogen-bond donors (Lipinski definition) is 1. The predicted octanol–water partition coefficient (Wildman–Crippen LogP) is 3.04. The van der Waals surface area contributed by atoms with Gasteiger partial charge in [0.1, 0.15) is 11.5 Å². The van der Waals surface area contributed by atoms with Gasteiger partial charge in [-0.1, -0.05) is 18.5 Å². The number of anilines is 1. The monoisotopic (exact) mass is 269 g/mol. The molecule has 0 radical (unpaired) electrons. The Bertz CT molecular complexity index is 421. The summed E-state index contributed by atoms with van der Waals surface area (Å²) in [5, 5.41) is 3.30. The first kappa shape index (κ1) is 14.8. The zero-order valence-electron chi connectivity index (χ0n) is 11.3. The van der Waals surface area contributed by atoms with Crippen LogP contribution in [0.1, 0.15) is 37.7 Å². The van der Waals surface area contributed by atoms with Crippen molar-refractivity contribution in [3.63, 3.8) is 0 Å². The number of pyridine rings is 1. The van der Waals surface area contributed by atoms with E-state index in [1.165, 1.54) is 0 Å². The summed E-state index contributed by atoms with van der Waals surface area (Å²) in [4.78, 5) is 18.4. The van der Waals surface area contributed by atoms with E-state index in [0.717, 1.165) is 6.42 Å². The first-order valence-corrected chi connectivity index (χ1v) is 6.54. The Morgan fingerprint density at radius 2 is 2.17 bits per heavy atom. The minimum Gasteiger partial charge on any atom is -0.373 e. The van der Waals surface area contributed by atoms with E-state index in [0.29, 0.717) is 23.1 Å². The molecular weight excluding hydrogens is 250 g/mol. The molecule has 1 heterocycles. The van der Waals surface area contributed by atoms with Gasteiger partial charge < -0.3 is 10.2 Å². The lowest BCUT2D eigenvalue weighted by atomic mass is 10.2. The summed E-state index contributed by atoms with van der Waals surface area (Å²) in [6.45, 7) is 6.73. The molecule has 0 spiro atoms. The highest BCUT2D eigenvalue weighted by atomic mass is 35.5. The smallest absolute Gasteiger partial charge is 0.274 e. The van der Waals surface area contributed by atoms with Crippen LogP contribution in [0.3, 0.4) is 0 Å². The van der Waals surface area contributed by atoms with E-state index in [2.05, 4.69) is 10.3 Å². The Kier molecular flexibility index (Phi) is 5.41. The first-order valence-electron chi connectivity index (χ1n) is 6.16. The van der Waals surface area contributed by atoms with Gasteiger partial charge in [0.05, 0.1) is 5.02 Å². The third-order valence-electron chi connectivity index (χ3n) is 2.65. The average Bonchev–Trinajstić information content (AvgIpc) is 2.35. The van der Waals surface area contributed by atoms with Crippen molar-refractivity contribution in [2.45, 2.75) is 33.2 Å². The maximum absolute atomic E-state index is 12.4. The van der Waals surface area contributed by atoms with Gasteiger partial charge in [-0.05, 0) is 32.4 Å². The molecule has 1 aromatic heterocycles. The molecule has 0 aliphatic carbocycles. The minimum atomic E-state index is -0.117. The Morgan fingerprint density at radius 1 is 1.50 bits per heavy atom. The van der Waals surface area contributed by atoms with Crippen LogP contribution in [0.4, 0.5) is 5.82 Å². The number of aromatic nitrogens is 1. The molecule has 0 fully saturated rings. The molecular formula is C13H20ClN3O. The predicted molar refractivity (Wildman–Crippen MR) is 75.3 cm³/mol. The summed E-state index contributed by atoms with van der Waals surface area (Å²) in [5.74, 6) is 0.525. The normalized spacial score (nSPS) is 10.6. The van der Waals surface area contributed by atoms with Crippen LogP contribution < -0.4 is 5.32 Å². The van der Waals surface area contributed by atoms with Gasteiger partial charge in [-0.15, -0.1) is 0 Å². The van der Waals surface area contributed by atoms with Crippen molar-refractivity contribution in [3.8, 4) is 0 Å². The Hall–Kier alpha value is -1.29. The third kappa shape index (κ3) is 3.35. The molecule has 0 saturated heterocycles. The molecule has 1 N–H and O–H groups in total. The quantitative estimate of drug-likeness (QED) is 0.894. The van der Waals surface area contributed by atoms with Crippen molar-refractivity contribution in [1.82, 2.24) is 9.88 Å². The van der Waals surface area contributed by atoms with Crippen LogP contribution in [-0.4, -0.2) is 35.4 Å². The van der Waals surface area contributed by atoms with E-state index >= 15 is 0 Å². The van der Waals surface area contributed by atoms with Gasteiger partial charge in [-0.25, -0.2) is 4.98 Å². The highest BCUT2D eigenvalue weighted by molar-refractivity contribution is 6.33. The molecule has 0 aromatic carbocycles. The summed E-state index contributed by atoms with van der Waals surface area (Å²) >= 11 is 6.06. The fourth-order valence-electron chi connectivity index (χ4n) is 1.70. The second kappa shape index (κ2) is 6.59. The summed E-state index contributed by atoms with van der Waals surface area (Å²) in [7, 11) is 1.76. The maximum Gasteiger partial charge on any atom is 0.274 e. The number of nitrogens with zero attached hydrogens (tertiary/aromatic N) is 2. The van der Waals surface area contributed by atoms with Crippen molar-refractivity contribution in [2.24, 2.45) is 0 Å². The van der Waals surface area contributed by atoms with Crippen LogP contribution in [0.5, 0.6) is 0 Å². The molecule has 100 valence electrons. The zero-order chi connectivity index (χ0) is 13.7. The number of halogens is 1. The summed E-state index contributed by atoms with van der Waals surface area (Å²) < 4.78 is 0. The van der Waals surface area contributed by atoms with Crippen LogP contribution in [0.25, 0.3) is 0 Å². The Balaban J connectivity index is 3.07. The van der Waals surface area contributed by atoms with E-state index in [9.17, 15) is 4.79 Å². The highest BCUT2D eigenvalue weighted by Gasteiger charge is 2.21. The Morgan fingerprint density at radius 3 is 2.67 bits per heavy atom. The lowest BCUT2D eigenvalue weighted by molar-refractivity contribution is 0.0700. The van der Waals surface area contributed by atoms with Crippen LogP contribution >= 0.6 is 11.6 Å². The third-order valence-corrected chi connectivity index (χ3v) is 2.96. The van der Waals surface area contributed by atoms with Crippen LogP contribution in [-0.2, 0) is 0 Å². The second-order valence-corrected chi connectivity index (χ2v) is 4.78. The summed E-state index contributed by atoms with van der Waals surface area (Å²) in [6, 6.07) is 3.57. The minimum absolute atomic E-state index is 0.117. The van der Waals surface area contributed by atoms with Crippen LogP contribution in [0.15, 0.2) is 12.1 Å². The van der Waals surface area contributed by atoms with Crippen molar-refractivity contribution < 1.29 is 4.79 Å². The molecule has 18 heavy (non-hydrogen) atoms. The average molecular weight is 270 g/mol. The second-order valence-electron chi connectivity index (χ2n) is 4.37. The largest absolute Gasteiger partial charge is 0.373 e. The molecule has 1 amide bonds. The molecule has 0 aliphatic rings. The van der Waals surface area contributed by atoms with Gasteiger partial charge in [0.15, 0.2) is 0 Å². The van der Waals surface area contributed by atoms with Gasteiger partial charge in [-0.3, -0.25) is 4.79 Å². The molecule has 0 bridgehead atoms. The number of nitrogens with one attached hydrogen (secondary N) is 1. The van der Waals surface area contributed by atoms with Gasteiger partial charge >= 0.3 is 0 Å².